The maximum absolute atomic E-state index is 8.89. The molecular weight excluding hydrogens is 252 g/mol. The van der Waals surface area contributed by atoms with Crippen LogP contribution in [0.3, 0.4) is 0 Å². The third-order valence-corrected chi connectivity index (χ3v) is 8.52. The summed E-state index contributed by atoms with van der Waals surface area (Å²) in [6.07, 6.45) is 3.89. The second kappa shape index (κ2) is 7.41. The molecule has 0 aromatic heterocycles. The van der Waals surface area contributed by atoms with Crippen LogP contribution in [0.15, 0.2) is 23.8 Å². The van der Waals surface area contributed by atoms with Crippen LogP contribution in [0, 0.1) is 0 Å². The van der Waals surface area contributed by atoms with E-state index in [1.165, 1.54) is 5.57 Å². The second-order valence-corrected chi connectivity index (χ2v) is 11.7. The normalized spacial score (nSPS) is 15.5. The lowest BCUT2D eigenvalue weighted by molar-refractivity contribution is 0.204. The number of aliphatic hydroxyl groups excluding tert-OH is 1. The summed E-state index contributed by atoms with van der Waals surface area (Å²) in [7, 11) is -1.75. The molecule has 0 rings (SSSR count). The first-order valence-electron chi connectivity index (χ1n) is 7.11. The first-order chi connectivity index (χ1) is 8.51. The molecule has 0 spiro atoms. The lowest BCUT2D eigenvalue weighted by Crippen LogP contribution is -2.44. The number of allylic oxidation sites excluding steroid dienone is 1. The lowest BCUT2D eigenvalue weighted by Gasteiger charge is -2.39. The van der Waals surface area contributed by atoms with Gasteiger partial charge in [-0.1, -0.05) is 44.6 Å². The molecule has 0 saturated carbocycles. The summed E-state index contributed by atoms with van der Waals surface area (Å²) in [6.45, 7) is 19.6. The molecule has 1 atom stereocenters. The predicted molar refractivity (Wildman–Crippen MR) is 87.0 cm³/mol. The second-order valence-electron chi connectivity index (χ2n) is 6.98. The molecule has 19 heavy (non-hydrogen) atoms. The SMILES string of the molecule is C=C(C)[C@H](CC/C(C)=C/CO)O[Si](C)(C)C(C)(C)C. The van der Waals surface area contributed by atoms with Gasteiger partial charge in [0.05, 0.1) is 12.7 Å². The van der Waals surface area contributed by atoms with E-state index in [4.69, 9.17) is 9.53 Å². The van der Waals surface area contributed by atoms with Crippen molar-refractivity contribution >= 4 is 8.32 Å². The Morgan fingerprint density at radius 1 is 1.32 bits per heavy atom. The van der Waals surface area contributed by atoms with E-state index in [0.29, 0.717) is 0 Å². The standard InChI is InChI=1S/C16H32O2Si/c1-13(2)15(10-9-14(3)11-12-17)18-19(7,8)16(4,5)6/h11,15,17H,1,9-10,12H2,2-8H3/b14-11+/t15-/m0/s1. The van der Waals surface area contributed by atoms with Crippen molar-refractivity contribution in [2.45, 2.75) is 71.7 Å². The van der Waals surface area contributed by atoms with Gasteiger partial charge in [-0.15, -0.1) is 0 Å². The largest absolute Gasteiger partial charge is 0.410 e. The zero-order chi connectivity index (χ0) is 15.3. The molecule has 1 N–H and O–H groups in total. The monoisotopic (exact) mass is 284 g/mol. The molecule has 0 aliphatic carbocycles. The molecule has 0 saturated heterocycles. The van der Waals surface area contributed by atoms with Crippen molar-refractivity contribution in [2.24, 2.45) is 0 Å². The van der Waals surface area contributed by atoms with Crippen LogP contribution in [-0.2, 0) is 4.43 Å². The average molecular weight is 285 g/mol. The topological polar surface area (TPSA) is 29.5 Å². The van der Waals surface area contributed by atoms with Gasteiger partial charge < -0.3 is 9.53 Å². The summed E-state index contributed by atoms with van der Waals surface area (Å²) in [5.74, 6) is 0. The zero-order valence-corrected chi connectivity index (χ0v) is 14.8. The third kappa shape index (κ3) is 6.55. The minimum Gasteiger partial charge on any atom is -0.410 e. The van der Waals surface area contributed by atoms with Crippen LogP contribution in [-0.4, -0.2) is 26.1 Å². The van der Waals surface area contributed by atoms with Crippen LogP contribution in [0.4, 0.5) is 0 Å². The van der Waals surface area contributed by atoms with E-state index in [9.17, 15) is 0 Å². The first-order valence-corrected chi connectivity index (χ1v) is 10.0. The van der Waals surface area contributed by atoms with Gasteiger partial charge in [-0.2, -0.15) is 0 Å². The van der Waals surface area contributed by atoms with Crippen molar-refractivity contribution in [3.05, 3.63) is 23.8 Å². The van der Waals surface area contributed by atoms with Crippen LogP contribution < -0.4 is 0 Å². The average Bonchev–Trinajstić information content (AvgIpc) is 2.22. The molecule has 0 heterocycles. The molecular formula is C16H32O2Si. The number of aliphatic hydroxyl groups is 1. The highest BCUT2D eigenvalue weighted by Crippen LogP contribution is 2.38. The summed E-state index contributed by atoms with van der Waals surface area (Å²) in [5, 5.41) is 9.10. The molecule has 3 heteroatoms. The van der Waals surface area contributed by atoms with Gasteiger partial charge in [0.1, 0.15) is 0 Å². The Morgan fingerprint density at radius 2 is 1.84 bits per heavy atom. The molecule has 0 unspecified atom stereocenters. The minimum atomic E-state index is -1.75. The molecule has 0 aromatic rings. The van der Waals surface area contributed by atoms with Gasteiger partial charge in [0, 0.05) is 0 Å². The van der Waals surface area contributed by atoms with E-state index < -0.39 is 8.32 Å². The van der Waals surface area contributed by atoms with E-state index in [1.54, 1.807) is 0 Å². The fourth-order valence-corrected chi connectivity index (χ4v) is 2.94. The van der Waals surface area contributed by atoms with Crippen molar-refractivity contribution in [3.8, 4) is 0 Å². The third-order valence-electron chi connectivity index (χ3n) is 4.03. The van der Waals surface area contributed by atoms with Crippen LogP contribution in [0.2, 0.25) is 18.1 Å². The van der Waals surface area contributed by atoms with E-state index in [2.05, 4.69) is 47.4 Å². The van der Waals surface area contributed by atoms with E-state index in [0.717, 1.165) is 18.4 Å². The van der Waals surface area contributed by atoms with Crippen LogP contribution in [0.5, 0.6) is 0 Å². The molecule has 0 fully saturated rings. The molecule has 2 nitrogen and oxygen atoms in total. The Bertz CT molecular complexity index is 324. The van der Waals surface area contributed by atoms with E-state index >= 15 is 0 Å². The highest BCUT2D eigenvalue weighted by molar-refractivity contribution is 6.74. The van der Waals surface area contributed by atoms with Gasteiger partial charge in [0.2, 0.25) is 0 Å². The van der Waals surface area contributed by atoms with Gasteiger partial charge in [-0.05, 0) is 44.8 Å². The van der Waals surface area contributed by atoms with Gasteiger partial charge >= 0.3 is 0 Å². The van der Waals surface area contributed by atoms with Crippen LogP contribution >= 0.6 is 0 Å². The zero-order valence-electron chi connectivity index (χ0n) is 13.8. The summed E-state index contributed by atoms with van der Waals surface area (Å²) >= 11 is 0. The number of hydrogen-bond acceptors (Lipinski definition) is 2. The minimum absolute atomic E-state index is 0.118. The van der Waals surface area contributed by atoms with E-state index in [1.807, 2.05) is 13.0 Å². The van der Waals surface area contributed by atoms with Crippen molar-refractivity contribution in [2.75, 3.05) is 6.61 Å². The Balaban J connectivity index is 4.69. The van der Waals surface area contributed by atoms with Crippen LogP contribution in [0.1, 0.15) is 47.5 Å². The molecule has 0 aromatic carbocycles. The summed E-state index contributed by atoms with van der Waals surface area (Å²) in [6, 6.07) is 0. The van der Waals surface area contributed by atoms with E-state index in [-0.39, 0.29) is 17.7 Å². The quantitative estimate of drug-likeness (QED) is 0.543. The van der Waals surface area contributed by atoms with Crippen molar-refractivity contribution in [1.82, 2.24) is 0 Å². The highest BCUT2D eigenvalue weighted by Gasteiger charge is 2.39. The smallest absolute Gasteiger partial charge is 0.192 e. The predicted octanol–water partition coefficient (Wildman–Crippen LogP) is 4.67. The Hall–Kier alpha value is -0.383. The number of hydrogen-bond donors (Lipinski definition) is 1. The first kappa shape index (κ1) is 18.6. The molecule has 112 valence electrons. The molecule has 0 radical (unpaired) electrons. The lowest BCUT2D eigenvalue weighted by atomic mass is 10.0. The molecule has 0 aliphatic heterocycles. The molecule has 0 amide bonds. The molecule has 0 bridgehead atoms. The van der Waals surface area contributed by atoms with Gasteiger partial charge in [0.15, 0.2) is 8.32 Å². The molecule has 0 aliphatic rings. The summed E-state index contributed by atoms with van der Waals surface area (Å²) < 4.78 is 6.44. The van der Waals surface area contributed by atoms with Gasteiger partial charge in [0.25, 0.3) is 0 Å². The fraction of sp³-hybridized carbons (Fsp3) is 0.750. The summed E-state index contributed by atoms with van der Waals surface area (Å²) in [5.41, 5.74) is 2.31. The Labute approximate surface area is 120 Å². The van der Waals surface area contributed by atoms with Crippen molar-refractivity contribution in [3.63, 3.8) is 0 Å². The van der Waals surface area contributed by atoms with Crippen LogP contribution in [0.25, 0.3) is 0 Å². The number of rotatable bonds is 7. The highest BCUT2D eigenvalue weighted by atomic mass is 28.4. The van der Waals surface area contributed by atoms with Gasteiger partial charge in [-0.3, -0.25) is 0 Å². The maximum atomic E-state index is 8.89. The Kier molecular flexibility index (Phi) is 7.26. The summed E-state index contributed by atoms with van der Waals surface area (Å²) in [4.78, 5) is 0. The van der Waals surface area contributed by atoms with Gasteiger partial charge in [-0.25, -0.2) is 0 Å². The van der Waals surface area contributed by atoms with Crippen molar-refractivity contribution < 1.29 is 9.53 Å². The Morgan fingerprint density at radius 3 is 2.21 bits per heavy atom. The fourth-order valence-electron chi connectivity index (χ4n) is 1.56. The van der Waals surface area contributed by atoms with Crippen molar-refractivity contribution in [1.29, 1.82) is 0 Å². The maximum Gasteiger partial charge on any atom is 0.192 e.